The molecule has 2 aromatic rings. The number of benzene rings is 1. The second-order valence-electron chi connectivity index (χ2n) is 3.84. The van der Waals surface area contributed by atoms with Crippen LogP contribution in [0.4, 0.5) is 4.39 Å². The Hall–Kier alpha value is -2.01. The molecule has 92 valence electrons. The molecule has 1 aromatic carbocycles. The molecule has 0 aliphatic carbocycles. The molecule has 18 heavy (non-hydrogen) atoms. The van der Waals surface area contributed by atoms with E-state index in [1.807, 2.05) is 0 Å². The van der Waals surface area contributed by atoms with Crippen molar-refractivity contribution < 1.29 is 4.39 Å². The predicted octanol–water partition coefficient (Wildman–Crippen LogP) is 1.67. The van der Waals surface area contributed by atoms with E-state index in [0.717, 1.165) is 0 Å². The number of hydrogen-bond acceptors (Lipinski definition) is 2. The number of thiocarbonyl (C=S) groups is 1. The molecule has 1 aromatic heterocycles. The maximum Gasteiger partial charge on any atom is 0.250 e. The summed E-state index contributed by atoms with van der Waals surface area (Å²) in [6.07, 6.45) is 1.61. The number of hydrogen-bond donors (Lipinski definition) is 1. The fraction of sp³-hybridized carbons (Fsp3) is 0.0769. The molecule has 0 spiro atoms. The predicted molar refractivity (Wildman–Crippen MR) is 72.1 cm³/mol. The third kappa shape index (κ3) is 2.62. The molecule has 0 bridgehead atoms. The zero-order valence-corrected chi connectivity index (χ0v) is 10.3. The smallest absolute Gasteiger partial charge is 0.250 e. The molecule has 0 atom stereocenters. The van der Waals surface area contributed by atoms with Crippen molar-refractivity contribution in [2.24, 2.45) is 5.73 Å². The molecular formula is C13H11FN2OS. The maximum absolute atomic E-state index is 13.8. The van der Waals surface area contributed by atoms with E-state index in [0.29, 0.717) is 11.1 Å². The first-order valence-electron chi connectivity index (χ1n) is 5.31. The number of halogens is 1. The van der Waals surface area contributed by atoms with E-state index in [1.54, 1.807) is 30.5 Å². The lowest BCUT2D eigenvalue weighted by atomic mass is 10.1. The Kier molecular flexibility index (Phi) is 3.53. The van der Waals surface area contributed by atoms with Gasteiger partial charge in [-0.2, -0.15) is 0 Å². The van der Waals surface area contributed by atoms with Gasteiger partial charge in [0.05, 0.1) is 6.54 Å². The maximum atomic E-state index is 13.8. The highest BCUT2D eigenvalue weighted by Gasteiger charge is 2.06. The van der Waals surface area contributed by atoms with Crippen LogP contribution < -0.4 is 11.3 Å². The standard InChI is InChI=1S/C13H11FN2OS/c14-11-7-9(13(15)18)4-5-10(11)8-16-6-2-1-3-12(16)17/h1-7H,8H2,(H2,15,18). The van der Waals surface area contributed by atoms with Gasteiger partial charge in [0.15, 0.2) is 0 Å². The number of aromatic nitrogens is 1. The van der Waals surface area contributed by atoms with Crippen LogP contribution in [-0.2, 0) is 6.54 Å². The average molecular weight is 262 g/mol. The molecule has 0 aliphatic rings. The largest absolute Gasteiger partial charge is 0.389 e. The molecule has 0 radical (unpaired) electrons. The van der Waals surface area contributed by atoms with Crippen LogP contribution >= 0.6 is 12.2 Å². The molecule has 5 heteroatoms. The van der Waals surface area contributed by atoms with Crippen LogP contribution in [0, 0.1) is 5.82 Å². The van der Waals surface area contributed by atoms with Crippen LogP contribution in [0.5, 0.6) is 0 Å². The highest BCUT2D eigenvalue weighted by atomic mass is 32.1. The van der Waals surface area contributed by atoms with Crippen molar-refractivity contribution in [3.05, 3.63) is 69.9 Å². The molecule has 3 nitrogen and oxygen atoms in total. The van der Waals surface area contributed by atoms with Gasteiger partial charge in [-0.1, -0.05) is 30.4 Å². The first-order chi connectivity index (χ1) is 8.58. The van der Waals surface area contributed by atoms with Gasteiger partial charge in [-0.25, -0.2) is 4.39 Å². The SMILES string of the molecule is NC(=S)c1ccc(Cn2ccccc2=O)c(F)c1. The highest BCUT2D eigenvalue weighted by molar-refractivity contribution is 7.80. The van der Waals surface area contributed by atoms with Gasteiger partial charge < -0.3 is 10.3 Å². The fourth-order valence-electron chi connectivity index (χ4n) is 1.60. The van der Waals surface area contributed by atoms with Crippen LogP contribution in [0.15, 0.2) is 47.4 Å². The number of nitrogens with zero attached hydrogens (tertiary/aromatic N) is 1. The van der Waals surface area contributed by atoms with Crippen LogP contribution in [0.3, 0.4) is 0 Å². The molecular weight excluding hydrogens is 251 g/mol. The molecule has 0 unspecified atom stereocenters. The van der Waals surface area contributed by atoms with Gasteiger partial charge in [-0.15, -0.1) is 0 Å². The van der Waals surface area contributed by atoms with Gasteiger partial charge in [0, 0.05) is 23.4 Å². The van der Waals surface area contributed by atoms with E-state index >= 15 is 0 Å². The second-order valence-corrected chi connectivity index (χ2v) is 4.28. The summed E-state index contributed by atoms with van der Waals surface area (Å²) in [6, 6.07) is 9.32. The van der Waals surface area contributed by atoms with Gasteiger partial charge in [-0.05, 0) is 12.1 Å². The van der Waals surface area contributed by atoms with E-state index in [1.165, 1.54) is 16.7 Å². The first kappa shape index (κ1) is 12.4. The number of pyridine rings is 1. The average Bonchev–Trinajstić information content (AvgIpc) is 2.34. The van der Waals surface area contributed by atoms with Gasteiger partial charge in [0.25, 0.3) is 5.56 Å². The van der Waals surface area contributed by atoms with Crippen molar-refractivity contribution in [1.29, 1.82) is 0 Å². The van der Waals surface area contributed by atoms with Crippen LogP contribution in [0.1, 0.15) is 11.1 Å². The zero-order valence-electron chi connectivity index (χ0n) is 9.47. The third-order valence-electron chi connectivity index (χ3n) is 2.58. The summed E-state index contributed by atoms with van der Waals surface area (Å²) < 4.78 is 15.2. The van der Waals surface area contributed by atoms with Gasteiger partial charge in [0.1, 0.15) is 10.8 Å². The summed E-state index contributed by atoms with van der Waals surface area (Å²) >= 11 is 4.77. The Labute approximate surface area is 109 Å². The van der Waals surface area contributed by atoms with Crippen LogP contribution in [0.25, 0.3) is 0 Å². The molecule has 0 fully saturated rings. The highest BCUT2D eigenvalue weighted by Crippen LogP contribution is 2.11. The lowest BCUT2D eigenvalue weighted by Gasteiger charge is -2.07. The minimum atomic E-state index is -0.420. The van der Waals surface area contributed by atoms with E-state index in [9.17, 15) is 9.18 Å². The molecule has 2 N–H and O–H groups in total. The van der Waals surface area contributed by atoms with Crippen LogP contribution in [0.2, 0.25) is 0 Å². The zero-order chi connectivity index (χ0) is 13.1. The minimum absolute atomic E-state index is 0.150. The van der Waals surface area contributed by atoms with E-state index in [2.05, 4.69) is 0 Å². The molecule has 0 saturated carbocycles. The Morgan fingerprint density at radius 2 is 2.11 bits per heavy atom. The first-order valence-corrected chi connectivity index (χ1v) is 5.72. The Morgan fingerprint density at radius 3 is 2.72 bits per heavy atom. The second kappa shape index (κ2) is 5.10. The van der Waals surface area contributed by atoms with Gasteiger partial charge >= 0.3 is 0 Å². The van der Waals surface area contributed by atoms with Crippen molar-refractivity contribution in [3.63, 3.8) is 0 Å². The topological polar surface area (TPSA) is 48.0 Å². The monoisotopic (exact) mass is 262 g/mol. The Bertz CT molecular complexity index is 651. The lowest BCUT2D eigenvalue weighted by molar-refractivity contribution is 0.596. The molecule has 1 heterocycles. The summed E-state index contributed by atoms with van der Waals surface area (Å²) in [5, 5.41) is 0. The van der Waals surface area contributed by atoms with E-state index in [4.69, 9.17) is 18.0 Å². The fourth-order valence-corrected chi connectivity index (χ4v) is 1.73. The van der Waals surface area contributed by atoms with Gasteiger partial charge in [-0.3, -0.25) is 4.79 Å². The molecule has 0 saturated heterocycles. The van der Waals surface area contributed by atoms with Crippen molar-refractivity contribution in [2.75, 3.05) is 0 Å². The molecule has 0 amide bonds. The summed E-state index contributed by atoms with van der Waals surface area (Å²) in [7, 11) is 0. The summed E-state index contributed by atoms with van der Waals surface area (Å²) in [6.45, 7) is 0.184. The summed E-state index contributed by atoms with van der Waals surface area (Å²) in [4.78, 5) is 11.7. The molecule has 2 rings (SSSR count). The van der Waals surface area contributed by atoms with Crippen molar-refractivity contribution in [3.8, 4) is 0 Å². The normalized spacial score (nSPS) is 10.3. The molecule has 0 aliphatic heterocycles. The Morgan fingerprint density at radius 1 is 1.33 bits per heavy atom. The summed E-state index contributed by atoms with van der Waals surface area (Å²) in [5.41, 5.74) is 6.15. The van der Waals surface area contributed by atoms with E-state index < -0.39 is 5.82 Å². The van der Waals surface area contributed by atoms with Crippen molar-refractivity contribution in [1.82, 2.24) is 4.57 Å². The van der Waals surface area contributed by atoms with Crippen molar-refractivity contribution >= 4 is 17.2 Å². The van der Waals surface area contributed by atoms with Crippen molar-refractivity contribution in [2.45, 2.75) is 6.54 Å². The minimum Gasteiger partial charge on any atom is -0.389 e. The number of rotatable bonds is 3. The lowest BCUT2D eigenvalue weighted by Crippen LogP contribution is -2.19. The van der Waals surface area contributed by atoms with Crippen LogP contribution in [-0.4, -0.2) is 9.56 Å². The third-order valence-corrected chi connectivity index (χ3v) is 2.81. The van der Waals surface area contributed by atoms with Gasteiger partial charge in [0.2, 0.25) is 0 Å². The number of nitrogens with two attached hydrogens (primary N) is 1. The van der Waals surface area contributed by atoms with E-state index in [-0.39, 0.29) is 17.1 Å². The quantitative estimate of drug-likeness (QED) is 0.856. The summed E-state index contributed by atoms with van der Waals surface area (Å²) in [5.74, 6) is -0.420. The Balaban J connectivity index is 2.33.